The number of carbonyl (C=O) groups is 1. The minimum atomic E-state index is -0.878. The molecule has 0 bridgehead atoms. The number of carboxylic acids is 1. The van der Waals surface area contributed by atoms with Gasteiger partial charge >= 0.3 is 5.97 Å². The summed E-state index contributed by atoms with van der Waals surface area (Å²) in [5.41, 5.74) is 0.299. The highest BCUT2D eigenvalue weighted by molar-refractivity contribution is 5.67. The van der Waals surface area contributed by atoms with Crippen LogP contribution in [0.25, 0.3) is 0 Å². The zero-order valence-corrected chi connectivity index (χ0v) is 12.6. The average Bonchev–Trinajstić information content (AvgIpc) is 2.68. The van der Waals surface area contributed by atoms with Gasteiger partial charge in [0.2, 0.25) is 0 Å². The summed E-state index contributed by atoms with van der Waals surface area (Å²) in [4.78, 5) is 10.8. The molecule has 0 amide bonds. The van der Waals surface area contributed by atoms with Crippen molar-refractivity contribution in [1.29, 1.82) is 0 Å². The van der Waals surface area contributed by atoms with Gasteiger partial charge in [0.15, 0.2) is 0 Å². The average molecular weight is 284 g/mol. The number of rotatable bonds is 9. The van der Waals surface area contributed by atoms with E-state index in [4.69, 9.17) is 5.11 Å². The number of carboxylic acid groups (broad SMARTS) is 1. The van der Waals surface area contributed by atoms with Crippen LogP contribution >= 0.6 is 0 Å². The lowest BCUT2D eigenvalue weighted by Gasteiger charge is -2.25. The second kappa shape index (κ2) is 7.79. The van der Waals surface area contributed by atoms with Crippen LogP contribution in [0, 0.1) is 5.92 Å². The third-order valence-corrected chi connectivity index (χ3v) is 4.23. The van der Waals surface area contributed by atoms with E-state index in [0.29, 0.717) is 19.3 Å². The fourth-order valence-corrected chi connectivity index (χ4v) is 2.87. The van der Waals surface area contributed by atoms with E-state index in [1.54, 1.807) is 0 Å². The lowest BCUT2D eigenvalue weighted by Crippen LogP contribution is -2.25. The van der Waals surface area contributed by atoms with Crippen LogP contribution in [0.2, 0.25) is 0 Å². The molecule has 1 rings (SSSR count). The third-order valence-electron chi connectivity index (χ3n) is 4.23. The number of aliphatic carboxylic acids is 1. The lowest BCUT2D eigenvalue weighted by atomic mass is 9.87. The summed E-state index contributed by atoms with van der Waals surface area (Å²) in [6, 6.07) is 0. The zero-order chi connectivity index (χ0) is 15.2. The van der Waals surface area contributed by atoms with Crippen LogP contribution in [0.1, 0.15) is 65.2 Å². The van der Waals surface area contributed by atoms with Crippen molar-refractivity contribution in [2.45, 2.75) is 76.9 Å². The molecular weight excluding hydrogens is 256 g/mol. The smallest absolute Gasteiger partial charge is 0.304 e. The van der Waals surface area contributed by atoms with Gasteiger partial charge in [0.25, 0.3) is 0 Å². The van der Waals surface area contributed by atoms with Crippen LogP contribution in [0.5, 0.6) is 0 Å². The number of aliphatic hydroxyl groups is 2. The molecular formula is C16H28O4. The van der Waals surface area contributed by atoms with Gasteiger partial charge in [-0.25, -0.2) is 0 Å². The second-order valence-corrected chi connectivity index (χ2v) is 6.24. The molecule has 0 aromatic carbocycles. The highest BCUT2D eigenvalue weighted by Crippen LogP contribution is 2.34. The monoisotopic (exact) mass is 284 g/mol. The summed E-state index contributed by atoms with van der Waals surface area (Å²) >= 11 is 0. The van der Waals surface area contributed by atoms with Crippen molar-refractivity contribution in [3.63, 3.8) is 0 Å². The molecule has 4 nitrogen and oxygen atoms in total. The highest BCUT2D eigenvalue weighted by atomic mass is 16.4. The van der Waals surface area contributed by atoms with E-state index in [9.17, 15) is 15.0 Å². The van der Waals surface area contributed by atoms with Gasteiger partial charge in [0.05, 0.1) is 18.1 Å². The van der Waals surface area contributed by atoms with Crippen LogP contribution < -0.4 is 0 Å². The molecule has 0 spiro atoms. The van der Waals surface area contributed by atoms with Crippen molar-refractivity contribution in [1.82, 2.24) is 0 Å². The van der Waals surface area contributed by atoms with E-state index in [1.807, 2.05) is 13.0 Å². The summed E-state index contributed by atoms with van der Waals surface area (Å²) in [5.74, 6) is -1.16. The molecule has 0 saturated carbocycles. The Hall–Kier alpha value is -0.870. The summed E-state index contributed by atoms with van der Waals surface area (Å²) in [7, 11) is 0. The molecule has 3 atom stereocenters. The Morgan fingerprint density at radius 2 is 2.10 bits per heavy atom. The molecule has 20 heavy (non-hydrogen) atoms. The minimum absolute atomic E-state index is 0.0228. The molecule has 3 unspecified atom stereocenters. The number of hydrogen-bond donors (Lipinski definition) is 3. The molecule has 0 aromatic rings. The largest absolute Gasteiger partial charge is 0.481 e. The van der Waals surface area contributed by atoms with Gasteiger partial charge in [-0.2, -0.15) is 0 Å². The quantitative estimate of drug-likeness (QED) is 0.449. The molecule has 0 saturated heterocycles. The first-order valence-electron chi connectivity index (χ1n) is 7.67. The van der Waals surface area contributed by atoms with Crippen molar-refractivity contribution < 1.29 is 20.1 Å². The van der Waals surface area contributed by atoms with Gasteiger partial charge < -0.3 is 15.3 Å². The topological polar surface area (TPSA) is 77.8 Å². The highest BCUT2D eigenvalue weighted by Gasteiger charge is 2.31. The first kappa shape index (κ1) is 17.2. The predicted molar refractivity (Wildman–Crippen MR) is 78.4 cm³/mol. The van der Waals surface area contributed by atoms with E-state index in [2.05, 4.69) is 6.92 Å². The second-order valence-electron chi connectivity index (χ2n) is 6.24. The molecule has 0 heterocycles. The summed E-state index contributed by atoms with van der Waals surface area (Å²) in [6.07, 6.45) is 7.24. The Labute approximate surface area is 121 Å². The Bertz CT molecular complexity index is 346. The minimum Gasteiger partial charge on any atom is -0.481 e. The first-order chi connectivity index (χ1) is 9.35. The van der Waals surface area contributed by atoms with Gasteiger partial charge in [-0.05, 0) is 32.6 Å². The van der Waals surface area contributed by atoms with Crippen molar-refractivity contribution in [3.8, 4) is 0 Å². The predicted octanol–water partition coefficient (Wildman–Crippen LogP) is 2.88. The van der Waals surface area contributed by atoms with Crippen LogP contribution in [-0.2, 0) is 4.79 Å². The van der Waals surface area contributed by atoms with Gasteiger partial charge in [-0.1, -0.05) is 37.8 Å². The van der Waals surface area contributed by atoms with E-state index < -0.39 is 17.7 Å². The van der Waals surface area contributed by atoms with Crippen LogP contribution in [0.15, 0.2) is 11.6 Å². The summed E-state index contributed by atoms with van der Waals surface area (Å²) in [5, 5.41) is 29.1. The molecule has 0 radical (unpaired) electrons. The Balaban J connectivity index is 2.45. The summed E-state index contributed by atoms with van der Waals surface area (Å²) in [6.45, 7) is 3.98. The molecule has 4 heteroatoms. The lowest BCUT2D eigenvalue weighted by molar-refractivity contribution is -0.138. The van der Waals surface area contributed by atoms with Gasteiger partial charge in [0, 0.05) is 5.92 Å². The summed E-state index contributed by atoms with van der Waals surface area (Å²) < 4.78 is 0. The zero-order valence-electron chi connectivity index (χ0n) is 12.6. The molecule has 1 aliphatic rings. The van der Waals surface area contributed by atoms with E-state index >= 15 is 0 Å². The third kappa shape index (κ3) is 5.63. The van der Waals surface area contributed by atoms with E-state index in [0.717, 1.165) is 31.3 Å². The van der Waals surface area contributed by atoms with Crippen LogP contribution in [-0.4, -0.2) is 33.0 Å². The van der Waals surface area contributed by atoms with Crippen molar-refractivity contribution >= 4 is 5.97 Å². The van der Waals surface area contributed by atoms with Crippen molar-refractivity contribution in [2.75, 3.05) is 0 Å². The van der Waals surface area contributed by atoms with Gasteiger partial charge in [0.1, 0.15) is 0 Å². The molecule has 0 aromatic heterocycles. The van der Waals surface area contributed by atoms with E-state index in [-0.39, 0.29) is 12.3 Å². The Kier molecular flexibility index (Phi) is 6.69. The van der Waals surface area contributed by atoms with E-state index in [1.165, 1.54) is 0 Å². The number of aliphatic hydroxyl groups excluding tert-OH is 1. The molecule has 0 fully saturated rings. The fourth-order valence-electron chi connectivity index (χ4n) is 2.87. The molecule has 116 valence electrons. The number of unbranched alkanes of at least 4 members (excludes halogenated alkanes) is 2. The van der Waals surface area contributed by atoms with Crippen molar-refractivity contribution in [2.24, 2.45) is 5.92 Å². The molecule has 0 aliphatic heterocycles. The van der Waals surface area contributed by atoms with Gasteiger partial charge in [-0.3, -0.25) is 4.79 Å². The molecule has 3 N–H and O–H groups in total. The first-order valence-corrected chi connectivity index (χ1v) is 7.67. The van der Waals surface area contributed by atoms with Gasteiger partial charge in [-0.15, -0.1) is 0 Å². The SMILES string of the molecule is CCCCCC(C)(O)CCC1=CCC(O)C1CC(=O)O. The van der Waals surface area contributed by atoms with Crippen LogP contribution in [0.3, 0.4) is 0 Å². The number of hydrogen-bond acceptors (Lipinski definition) is 3. The normalized spacial score (nSPS) is 25.3. The Morgan fingerprint density at radius 1 is 1.40 bits per heavy atom. The van der Waals surface area contributed by atoms with Crippen LogP contribution in [0.4, 0.5) is 0 Å². The standard InChI is InChI=1S/C16H28O4/c1-3-4-5-9-16(2,20)10-8-12-6-7-14(17)13(12)11-15(18)19/h6,13-14,17,20H,3-5,7-11H2,1-2H3,(H,18,19). The van der Waals surface area contributed by atoms with Crippen molar-refractivity contribution in [3.05, 3.63) is 11.6 Å². The maximum Gasteiger partial charge on any atom is 0.304 e. The fraction of sp³-hybridized carbons (Fsp3) is 0.812. The maximum atomic E-state index is 10.8. The molecule has 1 aliphatic carbocycles. The maximum absolute atomic E-state index is 10.8. The Morgan fingerprint density at radius 3 is 2.70 bits per heavy atom.